The summed E-state index contributed by atoms with van der Waals surface area (Å²) in [7, 11) is 0. The predicted molar refractivity (Wildman–Crippen MR) is 308 cm³/mol. The number of benzene rings is 9. The van der Waals surface area contributed by atoms with Crippen LogP contribution in [-0.2, 0) is 24.8 Å². The van der Waals surface area contributed by atoms with Gasteiger partial charge >= 0.3 is 388 Å². The Hall–Kier alpha value is -8.25. The molecular weight excluding hydrogens is 1100 g/mol. The molecule has 3 heterocycles. The summed E-state index contributed by atoms with van der Waals surface area (Å²) < 4.78 is 136. The Morgan fingerprint density at radius 1 is 0.547 bits per heavy atom. The van der Waals surface area contributed by atoms with E-state index in [1.165, 1.54) is 36.4 Å². The second kappa shape index (κ2) is 19.6. The van der Waals surface area contributed by atoms with Gasteiger partial charge in [0.05, 0.1) is 0 Å². The first-order valence-electron chi connectivity index (χ1n) is 31.5. The molecule has 0 atom stereocenters. The third-order valence-electron chi connectivity index (χ3n) is 13.6. The SMILES string of the molecule is [2H]c1c([2H])c([2H])c(-c2cccc(-c3cccc(C(C)(C)C)c3)c2-n2[c](=[Pt])n(-c3cc(Oc4cc(C([2H])([2H])[2H])cc(N5B(c6ccccc6)N(c6ccccc6)c6ccccc65)n4)cc(-c4c(C([2H])([2H])[2H])cccc4C([2H])([2H])[2H])c3)c3ccccc32)c([2H])c1[2H]. The monoisotopic (exact) mass is 1170 g/mol. The van der Waals surface area contributed by atoms with Crippen LogP contribution >= 0.6 is 0 Å². The van der Waals surface area contributed by atoms with Crippen molar-refractivity contribution in [3.63, 3.8) is 0 Å². The molecule has 2 aromatic heterocycles. The Balaban J connectivity index is 1.14. The Morgan fingerprint density at radius 2 is 1.19 bits per heavy atom. The molecule has 0 saturated carbocycles. The maximum atomic E-state index is 9.33. The molecule has 1 aliphatic heterocycles. The number of hydrogen-bond donors (Lipinski definition) is 0. The normalized spacial score (nSPS) is 15.6. The zero-order chi connectivity index (χ0) is 63.2. The molecule has 0 radical (unpaired) electrons. The number of pyridine rings is 1. The van der Waals surface area contributed by atoms with Crippen molar-refractivity contribution in [3.8, 4) is 56.4 Å². The second-order valence-electron chi connectivity index (χ2n) is 19.4. The van der Waals surface area contributed by atoms with Crippen molar-refractivity contribution in [1.82, 2.24) is 14.1 Å². The average Bonchev–Trinajstić information content (AvgIpc) is 1.69. The molecule has 11 aromatic rings. The van der Waals surface area contributed by atoms with E-state index < -0.39 is 57.8 Å². The molecule has 0 saturated heterocycles. The van der Waals surface area contributed by atoms with Crippen LogP contribution in [0.2, 0.25) is 0 Å². The summed E-state index contributed by atoms with van der Waals surface area (Å²) in [5.74, 6) is 0.120. The number of rotatable bonds is 10. The zero-order valence-corrected chi connectivity index (χ0v) is 43.4. The molecule has 0 fully saturated rings. The molecule has 0 bridgehead atoms. The van der Waals surface area contributed by atoms with Crippen molar-refractivity contribution in [3.05, 3.63) is 256 Å². The van der Waals surface area contributed by atoms with Crippen LogP contribution in [0.3, 0.4) is 0 Å². The number of para-hydroxylation sites is 6. The molecule has 1 aliphatic rings. The van der Waals surface area contributed by atoms with Crippen molar-refractivity contribution in [2.24, 2.45) is 0 Å². The fourth-order valence-corrected chi connectivity index (χ4v) is 11.3. The minimum atomic E-state index is -2.82. The summed E-state index contributed by atoms with van der Waals surface area (Å²) in [4.78, 5) is 9.29. The van der Waals surface area contributed by atoms with Gasteiger partial charge in [0.25, 0.3) is 0 Å². The summed E-state index contributed by atoms with van der Waals surface area (Å²) in [6, 6.07) is 58.0. The Bertz CT molecular complexity index is 4600. The van der Waals surface area contributed by atoms with E-state index in [-0.39, 0.29) is 56.2 Å². The van der Waals surface area contributed by atoms with E-state index in [4.69, 9.17) is 26.2 Å². The van der Waals surface area contributed by atoms with Crippen LogP contribution in [0.5, 0.6) is 11.6 Å². The predicted octanol–water partition coefficient (Wildman–Crippen LogP) is 16.6. The van der Waals surface area contributed by atoms with Crippen LogP contribution < -0.4 is 19.8 Å². The van der Waals surface area contributed by atoms with Crippen LogP contribution in [-0.4, -0.2) is 21.1 Å². The molecule has 12 rings (SSSR count). The number of nitrogens with zero attached hydrogens (tertiary/aromatic N) is 5. The molecule has 368 valence electrons. The quantitative estimate of drug-likeness (QED) is 0.128. The van der Waals surface area contributed by atoms with Gasteiger partial charge < -0.3 is 0 Å². The van der Waals surface area contributed by atoms with Crippen LogP contribution in [0.4, 0.5) is 22.9 Å². The number of hydrogen-bond acceptors (Lipinski definition) is 4. The van der Waals surface area contributed by atoms with E-state index in [0.717, 1.165) is 33.7 Å². The number of anilines is 4. The number of aryl methyl sites for hydroxylation is 3. The summed E-state index contributed by atoms with van der Waals surface area (Å²) in [5.41, 5.74) is 7.29. The van der Waals surface area contributed by atoms with Gasteiger partial charge in [0.15, 0.2) is 0 Å². The second-order valence-corrected chi connectivity index (χ2v) is 20.4. The van der Waals surface area contributed by atoms with Crippen LogP contribution in [0.25, 0.3) is 55.8 Å². The van der Waals surface area contributed by atoms with Gasteiger partial charge in [-0.15, -0.1) is 0 Å². The topological polar surface area (TPSA) is 38.5 Å². The number of aromatic nitrogens is 3. The molecule has 0 aliphatic carbocycles. The van der Waals surface area contributed by atoms with E-state index in [9.17, 15) is 2.74 Å². The summed E-state index contributed by atoms with van der Waals surface area (Å²) in [6.45, 7) is -2.59. The molecule has 0 amide bonds. The van der Waals surface area contributed by atoms with E-state index >= 15 is 0 Å². The standard InChI is InChI=1S/C67H56BN5O.Pt/c1-46-39-63(73-62-38-19-18-37-61(62)72(54-31-14-9-15-32-54)68(73)53-29-12-8-13-30-53)69-64(40-46)74-56-43-51(65-47(2)23-20-24-48(65)3)42-55(44-56)70-45-71(60-36-17-16-35-59(60)70)66-57(49-25-10-7-11-26-49)33-22-34-58(66)50-27-21-28-52(41-50)67(4,5)6;/h7-44H,1-6H3;/i1D3,2D3,3D3,7D,10D,11D,25D,26D;. The fourth-order valence-electron chi connectivity index (χ4n) is 10.2. The summed E-state index contributed by atoms with van der Waals surface area (Å²) in [6.07, 6.45) is 0. The van der Waals surface area contributed by atoms with Gasteiger partial charge in [0.2, 0.25) is 0 Å². The number of fused-ring (bicyclic) bond motifs is 2. The number of ether oxygens (including phenoxy) is 1. The van der Waals surface area contributed by atoms with Gasteiger partial charge in [0.1, 0.15) is 0 Å². The molecule has 0 spiro atoms. The molecule has 75 heavy (non-hydrogen) atoms. The molecule has 0 N–H and O–H groups in total. The molecule has 9 aromatic carbocycles. The summed E-state index contributed by atoms with van der Waals surface area (Å²) in [5, 5.41) is 0. The van der Waals surface area contributed by atoms with Gasteiger partial charge in [-0.25, -0.2) is 0 Å². The molecule has 8 heteroatoms. The van der Waals surface area contributed by atoms with Crippen LogP contribution in [0.15, 0.2) is 230 Å². The molecular formula is C67H56BN5OPt. The Labute approximate surface area is 471 Å². The minimum absolute atomic E-state index is 0.0252. The van der Waals surface area contributed by atoms with E-state index in [1.54, 1.807) is 24.3 Å². The van der Waals surface area contributed by atoms with Crippen LogP contribution in [0.1, 0.15) is 62.2 Å². The zero-order valence-electron chi connectivity index (χ0n) is 55.1. The van der Waals surface area contributed by atoms with Gasteiger partial charge in [-0.3, -0.25) is 0 Å². The Kier molecular flexibility index (Phi) is 8.94. The van der Waals surface area contributed by atoms with Gasteiger partial charge in [-0.05, 0) is 18.2 Å². The van der Waals surface area contributed by atoms with Gasteiger partial charge in [0, 0.05) is 5.69 Å². The van der Waals surface area contributed by atoms with Gasteiger partial charge in [-0.1, -0.05) is 60.7 Å². The third-order valence-corrected chi connectivity index (χ3v) is 14.6. The van der Waals surface area contributed by atoms with Crippen molar-refractivity contribution < 1.29 is 43.3 Å². The Morgan fingerprint density at radius 3 is 1.89 bits per heavy atom. The average molecular weight is 1170 g/mol. The first-order chi connectivity index (χ1) is 42.2. The van der Waals surface area contributed by atoms with E-state index in [0.29, 0.717) is 37.3 Å². The summed E-state index contributed by atoms with van der Waals surface area (Å²) >= 11 is 2.18. The first kappa shape index (κ1) is 34.3. The molecule has 6 nitrogen and oxygen atoms in total. The fraction of sp³-hybridized carbons (Fsp3) is 0.104. The van der Waals surface area contributed by atoms with Crippen molar-refractivity contribution in [1.29, 1.82) is 0 Å². The van der Waals surface area contributed by atoms with Crippen LogP contribution in [0, 0.1) is 24.4 Å². The van der Waals surface area contributed by atoms with Crippen molar-refractivity contribution >= 4 is 46.4 Å². The third kappa shape index (κ3) is 8.85. The number of imidazole rings is 1. The molecule has 0 unspecified atom stereocenters. The van der Waals surface area contributed by atoms with Crippen molar-refractivity contribution in [2.45, 2.75) is 46.7 Å². The maximum absolute atomic E-state index is 9.33. The van der Waals surface area contributed by atoms with E-state index in [2.05, 4.69) is 51.0 Å². The van der Waals surface area contributed by atoms with Crippen molar-refractivity contribution in [2.75, 3.05) is 9.62 Å². The first-order valence-corrected chi connectivity index (χ1v) is 25.6. The van der Waals surface area contributed by atoms with Gasteiger partial charge in [-0.2, -0.15) is 0 Å². The van der Waals surface area contributed by atoms with E-state index in [1.807, 2.05) is 147 Å².